The van der Waals surface area contributed by atoms with Crippen LogP contribution in [0.5, 0.6) is 5.75 Å². The molecule has 0 unspecified atom stereocenters. The first-order valence-electron chi connectivity index (χ1n) is 15.2. The Labute approximate surface area is 296 Å². The number of benzene rings is 3. The lowest BCUT2D eigenvalue weighted by Gasteiger charge is -2.20. The number of carbonyl (C=O) groups is 2. The predicted molar refractivity (Wildman–Crippen MR) is 185 cm³/mol. The number of hydrogen-bond donors (Lipinski definition) is 2. The molecule has 1 heterocycles. The molecule has 0 fully saturated rings. The summed E-state index contributed by atoms with van der Waals surface area (Å²) in [6, 6.07) is 16.3. The summed E-state index contributed by atoms with van der Waals surface area (Å²) in [4.78, 5) is 49.5. The zero-order chi connectivity index (χ0) is 35.4. The van der Waals surface area contributed by atoms with Gasteiger partial charge in [0.2, 0.25) is 11.9 Å². The maximum atomic E-state index is 13.6. The summed E-state index contributed by atoms with van der Waals surface area (Å²) in [5.41, 5.74) is 1.95. The van der Waals surface area contributed by atoms with Crippen molar-refractivity contribution in [2.75, 3.05) is 24.9 Å². The minimum Gasteiger partial charge on any atom is -0.492 e. The highest BCUT2D eigenvalue weighted by atomic mass is 35.5. The fourth-order valence-corrected chi connectivity index (χ4v) is 6.16. The van der Waals surface area contributed by atoms with Crippen LogP contribution < -0.4 is 9.64 Å². The molecule has 11 nitrogen and oxygen atoms in total. The second kappa shape index (κ2) is 18.4. The van der Waals surface area contributed by atoms with Gasteiger partial charge in [0.1, 0.15) is 21.6 Å². The quantitative estimate of drug-likeness (QED) is 0.0463. The highest BCUT2D eigenvalue weighted by Crippen LogP contribution is 2.41. The first-order valence-corrected chi connectivity index (χ1v) is 18.3. The third kappa shape index (κ3) is 11.8. The molecule has 2 N–H and O–H groups in total. The van der Waals surface area contributed by atoms with Crippen LogP contribution in [0.1, 0.15) is 54.9 Å². The second-order valence-corrected chi connectivity index (χ2v) is 13.8. The number of ether oxygens (including phenoxy) is 3. The minimum absolute atomic E-state index is 0.117. The average Bonchev–Trinajstić information content (AvgIpc) is 3.44. The van der Waals surface area contributed by atoms with E-state index in [2.05, 4.69) is 16.4 Å². The molecular weight excluding hydrogens is 721 g/mol. The first kappa shape index (κ1) is 38.3. The number of amides is 1. The number of anilines is 2. The molecule has 49 heavy (non-hydrogen) atoms. The standard InChI is InChI=1S/C33H34Cl2FN2O9PS/c1-2-3-4-5-6-18-44-28-20-26(15-16-27(28)34)38(32-37-29(30(35)49-32)23-11-13-25(36)14-12-23)33(40)46-21-45-31(39)24-9-7-22(8-10-24)17-19-47-48(41,42)43/h7-16,20H,2-6,17-19,21H2,1H3,(H2,41,42,43). The average molecular weight is 756 g/mol. The van der Waals surface area contributed by atoms with Crippen molar-refractivity contribution in [2.24, 2.45) is 0 Å². The Bertz CT molecular complexity index is 1750. The molecule has 0 aliphatic heterocycles. The Balaban J connectivity index is 1.49. The van der Waals surface area contributed by atoms with Gasteiger partial charge >= 0.3 is 19.9 Å². The van der Waals surface area contributed by atoms with Crippen molar-refractivity contribution >= 4 is 65.2 Å². The normalized spacial score (nSPS) is 11.3. The fraction of sp³-hybridized carbons (Fsp3) is 0.303. The van der Waals surface area contributed by atoms with Gasteiger partial charge in [-0.15, -0.1) is 0 Å². The Kier molecular flexibility index (Phi) is 14.4. The monoisotopic (exact) mass is 754 g/mol. The van der Waals surface area contributed by atoms with Gasteiger partial charge in [0.25, 0.3) is 0 Å². The molecule has 3 aromatic carbocycles. The van der Waals surface area contributed by atoms with E-state index in [1.165, 1.54) is 36.4 Å². The van der Waals surface area contributed by atoms with Gasteiger partial charge in [0.05, 0.1) is 29.5 Å². The SMILES string of the molecule is CCCCCCCOc1cc(N(C(=O)OCOC(=O)c2ccc(CCOP(=O)(O)O)cc2)c2nc(-c3ccc(F)cc3)c(Cl)s2)ccc1Cl. The smallest absolute Gasteiger partial charge is 0.469 e. The van der Waals surface area contributed by atoms with Crippen molar-refractivity contribution in [3.8, 4) is 17.0 Å². The molecule has 0 aliphatic carbocycles. The number of phosphoric acid groups is 1. The highest BCUT2D eigenvalue weighted by Gasteiger charge is 2.27. The zero-order valence-electron chi connectivity index (χ0n) is 26.4. The first-order chi connectivity index (χ1) is 23.4. The number of rotatable bonds is 17. The number of phosphoric ester groups is 1. The molecule has 0 aliphatic rings. The maximum absolute atomic E-state index is 13.6. The summed E-state index contributed by atoms with van der Waals surface area (Å²) < 4.78 is 45.5. The van der Waals surface area contributed by atoms with Gasteiger partial charge in [0, 0.05) is 11.6 Å². The van der Waals surface area contributed by atoms with Crippen LogP contribution in [0.3, 0.4) is 0 Å². The van der Waals surface area contributed by atoms with Crippen LogP contribution in [-0.2, 0) is 25.0 Å². The number of thiazole rings is 1. The Morgan fingerprint density at radius 3 is 2.35 bits per heavy atom. The van der Waals surface area contributed by atoms with E-state index in [1.807, 2.05) is 0 Å². The van der Waals surface area contributed by atoms with Gasteiger partial charge in [0.15, 0.2) is 0 Å². The number of aromatic nitrogens is 1. The Morgan fingerprint density at radius 1 is 0.939 bits per heavy atom. The number of nitrogens with zero attached hydrogens (tertiary/aromatic N) is 2. The molecule has 1 amide bonds. The van der Waals surface area contributed by atoms with Crippen LogP contribution in [0, 0.1) is 5.82 Å². The molecule has 0 spiro atoms. The molecule has 262 valence electrons. The van der Waals surface area contributed by atoms with Crippen LogP contribution in [-0.4, -0.2) is 46.8 Å². The van der Waals surface area contributed by atoms with Crippen molar-refractivity contribution in [3.05, 3.63) is 93.0 Å². The summed E-state index contributed by atoms with van der Waals surface area (Å²) >= 11 is 13.9. The number of hydrogen-bond acceptors (Lipinski definition) is 9. The van der Waals surface area contributed by atoms with E-state index in [-0.39, 0.29) is 33.7 Å². The largest absolute Gasteiger partial charge is 0.492 e. The van der Waals surface area contributed by atoms with E-state index >= 15 is 0 Å². The van der Waals surface area contributed by atoms with E-state index in [9.17, 15) is 18.5 Å². The van der Waals surface area contributed by atoms with Crippen molar-refractivity contribution < 1.29 is 47.1 Å². The summed E-state index contributed by atoms with van der Waals surface area (Å²) in [6.45, 7) is 1.61. The van der Waals surface area contributed by atoms with Gasteiger partial charge in [-0.05, 0) is 66.9 Å². The predicted octanol–water partition coefficient (Wildman–Crippen LogP) is 9.35. The van der Waals surface area contributed by atoms with Crippen LogP contribution in [0.4, 0.5) is 20.0 Å². The second-order valence-electron chi connectivity index (χ2n) is 10.6. The van der Waals surface area contributed by atoms with Gasteiger partial charge < -0.3 is 24.0 Å². The number of esters is 1. The Morgan fingerprint density at radius 2 is 1.65 bits per heavy atom. The van der Waals surface area contributed by atoms with Crippen LogP contribution in [0.25, 0.3) is 11.3 Å². The number of unbranched alkanes of at least 4 members (excludes halogenated alkanes) is 4. The van der Waals surface area contributed by atoms with Gasteiger partial charge in [-0.1, -0.05) is 79.3 Å². The molecule has 0 atom stereocenters. The zero-order valence-corrected chi connectivity index (χ0v) is 29.6. The van der Waals surface area contributed by atoms with E-state index in [1.54, 1.807) is 30.3 Å². The summed E-state index contributed by atoms with van der Waals surface area (Å²) in [5.74, 6) is -0.871. The van der Waals surface area contributed by atoms with Crippen LogP contribution >= 0.6 is 42.4 Å². The molecular formula is C33H34Cl2FN2O9PS. The highest BCUT2D eigenvalue weighted by molar-refractivity contribution is 7.46. The van der Waals surface area contributed by atoms with E-state index in [4.69, 9.17) is 47.2 Å². The van der Waals surface area contributed by atoms with Crippen molar-refractivity contribution in [1.29, 1.82) is 0 Å². The van der Waals surface area contributed by atoms with Crippen molar-refractivity contribution in [2.45, 2.75) is 45.4 Å². The summed E-state index contributed by atoms with van der Waals surface area (Å²) in [5, 5.41) is 0.455. The Hall–Kier alpha value is -3.55. The molecule has 4 aromatic rings. The van der Waals surface area contributed by atoms with Crippen LogP contribution in [0.2, 0.25) is 9.36 Å². The lowest BCUT2D eigenvalue weighted by Crippen LogP contribution is -2.28. The van der Waals surface area contributed by atoms with E-state index in [0.717, 1.165) is 48.3 Å². The van der Waals surface area contributed by atoms with E-state index < -0.39 is 32.5 Å². The minimum atomic E-state index is -4.58. The van der Waals surface area contributed by atoms with E-state index in [0.29, 0.717) is 34.2 Å². The molecule has 4 rings (SSSR count). The van der Waals surface area contributed by atoms with Crippen LogP contribution in [0.15, 0.2) is 66.7 Å². The van der Waals surface area contributed by atoms with Gasteiger partial charge in [-0.25, -0.2) is 28.4 Å². The fourth-order valence-electron chi connectivity index (χ4n) is 4.47. The maximum Gasteiger partial charge on any atom is 0.469 e. The third-order valence-corrected chi connectivity index (χ3v) is 9.03. The lowest BCUT2D eigenvalue weighted by atomic mass is 10.1. The van der Waals surface area contributed by atoms with Gasteiger partial charge in [-0.2, -0.15) is 0 Å². The molecule has 1 aromatic heterocycles. The molecule has 0 saturated heterocycles. The van der Waals surface area contributed by atoms with Crippen molar-refractivity contribution in [1.82, 2.24) is 4.98 Å². The molecule has 16 heteroatoms. The third-order valence-electron chi connectivity index (χ3n) is 6.96. The topological polar surface area (TPSA) is 145 Å². The molecule has 0 radical (unpaired) electrons. The molecule has 0 bridgehead atoms. The summed E-state index contributed by atoms with van der Waals surface area (Å²) in [7, 11) is -4.58. The molecule has 0 saturated carbocycles. The lowest BCUT2D eigenvalue weighted by molar-refractivity contribution is -0.0000311. The number of halogens is 3. The number of carbonyl (C=O) groups excluding carboxylic acids is 2. The summed E-state index contributed by atoms with van der Waals surface area (Å²) in [6.07, 6.45) is 4.45. The van der Waals surface area contributed by atoms with Crippen molar-refractivity contribution in [3.63, 3.8) is 0 Å². The van der Waals surface area contributed by atoms with Gasteiger partial charge in [-0.3, -0.25) is 4.52 Å².